The van der Waals surface area contributed by atoms with Crippen molar-refractivity contribution < 1.29 is 9.94 Å². The Morgan fingerprint density at radius 3 is 2.44 bits per heavy atom. The van der Waals surface area contributed by atoms with E-state index >= 15 is 0 Å². The maximum absolute atomic E-state index is 8.41. The highest BCUT2D eigenvalue weighted by Gasteiger charge is 2.08. The van der Waals surface area contributed by atoms with E-state index in [1.807, 2.05) is 40.0 Å². The van der Waals surface area contributed by atoms with E-state index in [4.69, 9.17) is 15.7 Å². The predicted molar refractivity (Wildman–Crippen MR) is 70.7 cm³/mol. The zero-order chi connectivity index (χ0) is 13.0. The van der Waals surface area contributed by atoms with E-state index in [0.717, 1.165) is 0 Å². The first-order valence-corrected chi connectivity index (χ1v) is 6.35. The van der Waals surface area contributed by atoms with Crippen molar-refractivity contribution in [1.82, 2.24) is 0 Å². The largest absolute Gasteiger partial charge is 0.492 e. The molecule has 1 rings (SSSR count). The van der Waals surface area contributed by atoms with E-state index < -0.39 is 0 Å². The zero-order valence-corrected chi connectivity index (χ0v) is 11.5. The molecule has 16 heavy (non-hydrogen) atoms. The fourth-order valence-corrected chi connectivity index (χ4v) is 1.53. The second-order valence-corrected chi connectivity index (χ2v) is 2.95. The number of hydrogen-bond acceptors (Lipinski definition) is 4. The van der Waals surface area contributed by atoms with Crippen LogP contribution in [-0.2, 0) is 0 Å². The van der Waals surface area contributed by atoms with Gasteiger partial charge in [0.25, 0.3) is 0 Å². The Morgan fingerprint density at radius 2 is 2.00 bits per heavy atom. The van der Waals surface area contributed by atoms with Crippen LogP contribution in [0.2, 0.25) is 0 Å². The summed E-state index contributed by atoms with van der Waals surface area (Å²) in [5.74, 6) is 0.756. The third-order valence-electron chi connectivity index (χ3n) is 1.27. The fourth-order valence-electron chi connectivity index (χ4n) is 0.799. The number of hydrogen-bond donors (Lipinski definition) is 2. The molecule has 1 heterocycles. The Morgan fingerprint density at radius 1 is 1.44 bits per heavy atom. The van der Waals surface area contributed by atoms with Crippen LogP contribution < -0.4 is 10.5 Å². The number of rotatable bonds is 3. The summed E-state index contributed by atoms with van der Waals surface area (Å²) >= 11 is 1.38. The lowest BCUT2D eigenvalue weighted by Gasteiger charge is -2.01. The average molecular weight is 246 g/mol. The minimum atomic E-state index is 0.0912. The summed E-state index contributed by atoms with van der Waals surface area (Å²) in [6.45, 7) is 10.5. The zero-order valence-electron chi connectivity index (χ0n) is 10.7. The van der Waals surface area contributed by atoms with Gasteiger partial charge in [0.15, 0.2) is 5.84 Å². The predicted octanol–water partition coefficient (Wildman–Crippen LogP) is 3.29. The Bertz CT molecular complexity index is 285. The molecule has 0 amide bonds. The first-order chi connectivity index (χ1) is 7.79. The normalized spacial score (nSPS) is 9.44. The highest BCUT2D eigenvalue weighted by molar-refractivity contribution is 7.12. The van der Waals surface area contributed by atoms with Gasteiger partial charge in [0.05, 0.1) is 6.61 Å². The molecule has 0 atom stereocenters. The molecule has 0 fully saturated rings. The first kappa shape index (κ1) is 17.2. The minimum Gasteiger partial charge on any atom is -0.492 e. The Hall–Kier alpha value is -1.23. The van der Waals surface area contributed by atoms with E-state index in [2.05, 4.69) is 5.16 Å². The summed E-state index contributed by atoms with van der Waals surface area (Å²) in [5, 5.41) is 13.1. The van der Waals surface area contributed by atoms with Crippen molar-refractivity contribution in [1.29, 1.82) is 0 Å². The summed E-state index contributed by atoms with van der Waals surface area (Å²) in [5.41, 5.74) is 5.40. The molecule has 0 unspecified atom stereocenters. The topological polar surface area (TPSA) is 67.8 Å². The molecule has 4 nitrogen and oxygen atoms in total. The maximum atomic E-state index is 8.41. The lowest BCUT2D eigenvalue weighted by Crippen LogP contribution is -2.12. The molecule has 0 spiro atoms. The summed E-state index contributed by atoms with van der Waals surface area (Å²) in [6, 6.07) is 1.79. The molecule has 1 aromatic rings. The molecule has 3 N–H and O–H groups in total. The summed E-state index contributed by atoms with van der Waals surface area (Å²) in [4.78, 5) is 0.666. The molecule has 0 aliphatic heterocycles. The Kier molecular flexibility index (Phi) is 12.7. The van der Waals surface area contributed by atoms with Crippen LogP contribution >= 0.6 is 11.3 Å². The SMILES string of the molecule is CC.CC.CCOc1ccsc1/C(N)=N/O. The molecule has 0 saturated carbocycles. The highest BCUT2D eigenvalue weighted by Crippen LogP contribution is 2.24. The molecule has 0 aromatic carbocycles. The van der Waals surface area contributed by atoms with Crippen LogP contribution in [0.3, 0.4) is 0 Å². The molecule has 0 radical (unpaired) electrons. The molecule has 0 aliphatic rings. The van der Waals surface area contributed by atoms with Gasteiger partial charge in [0.2, 0.25) is 0 Å². The lowest BCUT2D eigenvalue weighted by atomic mass is 10.4. The lowest BCUT2D eigenvalue weighted by molar-refractivity contribution is 0.317. The van der Waals surface area contributed by atoms with Crippen molar-refractivity contribution in [3.8, 4) is 5.75 Å². The van der Waals surface area contributed by atoms with Crippen LogP contribution in [0.1, 0.15) is 39.5 Å². The maximum Gasteiger partial charge on any atom is 0.183 e. The molecule has 0 saturated heterocycles. The van der Waals surface area contributed by atoms with E-state index in [9.17, 15) is 0 Å². The second-order valence-electron chi connectivity index (χ2n) is 2.03. The smallest absolute Gasteiger partial charge is 0.183 e. The van der Waals surface area contributed by atoms with Gasteiger partial charge >= 0.3 is 0 Å². The van der Waals surface area contributed by atoms with Crippen LogP contribution in [0.25, 0.3) is 0 Å². The van der Waals surface area contributed by atoms with Crippen molar-refractivity contribution >= 4 is 17.2 Å². The molecule has 94 valence electrons. The van der Waals surface area contributed by atoms with Crippen molar-refractivity contribution in [2.24, 2.45) is 10.9 Å². The van der Waals surface area contributed by atoms with Crippen molar-refractivity contribution in [2.45, 2.75) is 34.6 Å². The molecule has 5 heteroatoms. The number of oxime groups is 1. The van der Waals surface area contributed by atoms with Gasteiger partial charge in [0.1, 0.15) is 10.6 Å². The van der Waals surface area contributed by atoms with Gasteiger partial charge in [-0.1, -0.05) is 32.9 Å². The number of thiophene rings is 1. The number of ether oxygens (including phenoxy) is 1. The second kappa shape index (κ2) is 11.8. The van der Waals surface area contributed by atoms with Gasteiger partial charge in [-0.25, -0.2) is 0 Å². The summed E-state index contributed by atoms with van der Waals surface area (Å²) < 4.78 is 5.24. The minimum absolute atomic E-state index is 0.0912. The Balaban J connectivity index is 0. The molecule has 0 bridgehead atoms. The summed E-state index contributed by atoms with van der Waals surface area (Å²) in [6.07, 6.45) is 0. The van der Waals surface area contributed by atoms with Gasteiger partial charge < -0.3 is 15.7 Å². The number of nitrogens with zero attached hydrogens (tertiary/aromatic N) is 1. The number of amidine groups is 1. The van der Waals surface area contributed by atoms with Crippen LogP contribution in [0, 0.1) is 0 Å². The average Bonchev–Trinajstić information content (AvgIpc) is 2.82. The van der Waals surface area contributed by atoms with Gasteiger partial charge in [-0.15, -0.1) is 11.3 Å². The summed E-state index contributed by atoms with van der Waals surface area (Å²) in [7, 11) is 0. The molecular weight excluding hydrogens is 224 g/mol. The standard InChI is InChI=1S/C7H10N2O2S.2C2H6/c1-2-11-5-3-4-12-6(5)7(8)9-10;2*1-2/h3-4,10H,2H2,1H3,(H2,8,9);2*1-2H3. The first-order valence-electron chi connectivity index (χ1n) is 5.47. The van der Waals surface area contributed by atoms with Gasteiger partial charge in [-0.05, 0) is 18.4 Å². The van der Waals surface area contributed by atoms with Crippen LogP contribution in [0.5, 0.6) is 5.75 Å². The quantitative estimate of drug-likeness (QED) is 0.372. The van der Waals surface area contributed by atoms with Crippen molar-refractivity contribution in [2.75, 3.05) is 6.61 Å². The van der Waals surface area contributed by atoms with Crippen LogP contribution in [-0.4, -0.2) is 17.6 Å². The fraction of sp³-hybridized carbons (Fsp3) is 0.545. The highest BCUT2D eigenvalue weighted by atomic mass is 32.1. The third kappa shape index (κ3) is 5.60. The van der Waals surface area contributed by atoms with E-state index in [1.54, 1.807) is 6.07 Å². The Labute approximate surface area is 102 Å². The molecule has 0 aliphatic carbocycles. The van der Waals surface area contributed by atoms with E-state index in [1.165, 1.54) is 11.3 Å². The van der Waals surface area contributed by atoms with Crippen LogP contribution in [0.15, 0.2) is 16.6 Å². The molecule has 1 aromatic heterocycles. The molecular formula is C11H22N2O2S. The van der Waals surface area contributed by atoms with Crippen molar-refractivity contribution in [3.05, 3.63) is 16.3 Å². The third-order valence-corrected chi connectivity index (χ3v) is 2.19. The van der Waals surface area contributed by atoms with Gasteiger partial charge in [-0.3, -0.25) is 0 Å². The van der Waals surface area contributed by atoms with E-state index in [0.29, 0.717) is 17.2 Å². The van der Waals surface area contributed by atoms with Crippen molar-refractivity contribution in [3.63, 3.8) is 0 Å². The number of nitrogens with two attached hydrogens (primary N) is 1. The monoisotopic (exact) mass is 246 g/mol. The van der Waals surface area contributed by atoms with Gasteiger partial charge in [0, 0.05) is 0 Å². The van der Waals surface area contributed by atoms with E-state index in [-0.39, 0.29) is 5.84 Å². The van der Waals surface area contributed by atoms with Crippen LogP contribution in [0.4, 0.5) is 0 Å². The van der Waals surface area contributed by atoms with Gasteiger partial charge in [-0.2, -0.15) is 0 Å².